The van der Waals surface area contributed by atoms with E-state index in [1.54, 1.807) is 6.20 Å². The molecule has 0 radical (unpaired) electrons. The number of carbonyl (C=O) groups is 1. The van der Waals surface area contributed by atoms with Gasteiger partial charge in [0.15, 0.2) is 11.8 Å². The van der Waals surface area contributed by atoms with Crippen LogP contribution >= 0.6 is 11.6 Å². The number of aliphatic hydroxyl groups is 1. The average molecular weight is 452 g/mol. The van der Waals surface area contributed by atoms with Crippen LogP contribution in [0.15, 0.2) is 24.5 Å². The van der Waals surface area contributed by atoms with Gasteiger partial charge in [0, 0.05) is 23.2 Å². The fourth-order valence-corrected chi connectivity index (χ4v) is 4.94. The lowest BCUT2D eigenvalue weighted by atomic mass is 9.66. The van der Waals surface area contributed by atoms with Crippen molar-refractivity contribution in [3.63, 3.8) is 0 Å². The predicted octanol–water partition coefficient (Wildman–Crippen LogP) is 3.76. The summed E-state index contributed by atoms with van der Waals surface area (Å²) < 4.78 is 40.7. The van der Waals surface area contributed by atoms with E-state index in [2.05, 4.69) is 20.4 Å². The summed E-state index contributed by atoms with van der Waals surface area (Å²) in [5.41, 5.74) is 1.51. The number of hydrogen-bond acceptors (Lipinski definition) is 5. The van der Waals surface area contributed by atoms with Crippen molar-refractivity contribution >= 4 is 28.8 Å². The van der Waals surface area contributed by atoms with Crippen molar-refractivity contribution in [3.05, 3.63) is 52.4 Å². The quantitative estimate of drug-likeness (QED) is 0.630. The minimum atomic E-state index is -3.03. The van der Waals surface area contributed by atoms with Crippen LogP contribution in [0.4, 0.5) is 18.9 Å². The molecule has 0 saturated heterocycles. The number of fused-ring (bicyclic) bond motifs is 4. The Hall–Kier alpha value is -2.72. The van der Waals surface area contributed by atoms with E-state index in [9.17, 15) is 23.1 Å². The molecule has 11 heteroatoms. The highest BCUT2D eigenvalue weighted by atomic mass is 35.5. The second kappa shape index (κ2) is 7.16. The molecule has 3 aromatic heterocycles. The molecule has 1 spiro atoms. The molecular formula is C20H17ClF3N5O2. The maximum atomic E-state index is 13.7. The Kier molecular flexibility index (Phi) is 4.67. The van der Waals surface area contributed by atoms with Gasteiger partial charge in [-0.15, -0.1) is 5.10 Å². The van der Waals surface area contributed by atoms with Gasteiger partial charge in [-0.3, -0.25) is 9.78 Å². The highest BCUT2D eigenvalue weighted by Gasteiger charge is 2.52. The third-order valence-corrected chi connectivity index (χ3v) is 6.54. The molecule has 1 amide bonds. The van der Waals surface area contributed by atoms with Gasteiger partial charge in [0.05, 0.1) is 34.2 Å². The molecule has 2 atom stereocenters. The number of alkyl halides is 2. The molecule has 0 bridgehead atoms. The molecule has 2 aliphatic rings. The number of amides is 1. The fourth-order valence-electron chi connectivity index (χ4n) is 4.66. The minimum Gasteiger partial charge on any atom is -0.381 e. The number of halogens is 4. The number of aliphatic hydroxyl groups excluding tert-OH is 1. The van der Waals surface area contributed by atoms with E-state index in [4.69, 9.17) is 11.6 Å². The lowest BCUT2D eigenvalue weighted by molar-refractivity contribution is -0.117. The summed E-state index contributed by atoms with van der Waals surface area (Å²) in [5, 5.41) is 16.0. The van der Waals surface area contributed by atoms with E-state index in [1.165, 1.54) is 22.8 Å². The maximum absolute atomic E-state index is 13.7. The van der Waals surface area contributed by atoms with Crippen molar-refractivity contribution in [2.45, 2.75) is 49.5 Å². The third kappa shape index (κ3) is 3.16. The lowest BCUT2D eigenvalue weighted by Gasteiger charge is -2.39. The Morgan fingerprint density at radius 2 is 2.06 bits per heavy atom. The van der Waals surface area contributed by atoms with Crippen LogP contribution in [0.25, 0.3) is 5.65 Å². The molecular weight excluding hydrogens is 435 g/mol. The molecule has 5 rings (SSSR count). The maximum Gasteiger partial charge on any atom is 0.269 e. The predicted molar refractivity (Wildman–Crippen MR) is 105 cm³/mol. The fraction of sp³-hybridized carbons (Fsp3) is 0.400. The number of aromatic nitrogens is 4. The van der Waals surface area contributed by atoms with E-state index < -0.39 is 24.4 Å². The Morgan fingerprint density at radius 1 is 1.29 bits per heavy atom. The zero-order valence-corrected chi connectivity index (χ0v) is 16.8. The molecule has 1 saturated carbocycles. The first kappa shape index (κ1) is 20.2. The first-order valence-electron chi connectivity index (χ1n) is 9.76. The monoisotopic (exact) mass is 451 g/mol. The van der Waals surface area contributed by atoms with Crippen molar-refractivity contribution in [2.24, 2.45) is 0 Å². The molecule has 0 aliphatic heterocycles. The summed E-state index contributed by atoms with van der Waals surface area (Å²) in [4.78, 5) is 21.1. The van der Waals surface area contributed by atoms with Gasteiger partial charge < -0.3 is 10.4 Å². The van der Waals surface area contributed by atoms with Crippen LogP contribution in [0.1, 0.15) is 54.7 Å². The highest BCUT2D eigenvalue weighted by molar-refractivity contribution is 6.31. The molecule has 3 heterocycles. The molecule has 31 heavy (non-hydrogen) atoms. The van der Waals surface area contributed by atoms with E-state index in [0.717, 1.165) is 25.0 Å². The Morgan fingerprint density at radius 3 is 2.71 bits per heavy atom. The highest BCUT2D eigenvalue weighted by Crippen LogP contribution is 2.56. The van der Waals surface area contributed by atoms with Crippen LogP contribution in [-0.2, 0) is 10.2 Å². The van der Waals surface area contributed by atoms with Crippen molar-refractivity contribution in [2.75, 3.05) is 5.32 Å². The largest absolute Gasteiger partial charge is 0.381 e. The molecule has 2 N–H and O–H groups in total. The summed E-state index contributed by atoms with van der Waals surface area (Å²) >= 11 is 5.97. The second-order valence-electron chi connectivity index (χ2n) is 8.05. The van der Waals surface area contributed by atoms with Crippen LogP contribution in [0.3, 0.4) is 0 Å². The summed E-state index contributed by atoms with van der Waals surface area (Å²) in [6.07, 6.45) is 0.918. The van der Waals surface area contributed by atoms with E-state index in [-0.39, 0.29) is 27.7 Å². The van der Waals surface area contributed by atoms with Crippen LogP contribution < -0.4 is 5.32 Å². The lowest BCUT2D eigenvalue weighted by Crippen LogP contribution is -2.34. The average Bonchev–Trinajstić information content (AvgIpc) is 3.24. The van der Waals surface area contributed by atoms with Gasteiger partial charge in [-0.1, -0.05) is 18.0 Å². The van der Waals surface area contributed by atoms with Crippen molar-refractivity contribution < 1.29 is 23.1 Å². The number of carbonyl (C=O) groups excluding carboxylic acids is 1. The first-order valence-corrected chi connectivity index (χ1v) is 10.1. The topological polar surface area (TPSA) is 92.4 Å². The normalized spacial score (nSPS) is 20.1. The van der Waals surface area contributed by atoms with Gasteiger partial charge in [-0.05, 0) is 25.3 Å². The van der Waals surface area contributed by atoms with Gasteiger partial charge in [-0.25, -0.2) is 18.3 Å². The van der Waals surface area contributed by atoms with Crippen molar-refractivity contribution in [1.29, 1.82) is 0 Å². The zero-order valence-electron chi connectivity index (χ0n) is 16.0. The SMILES string of the molecule is O=C(Nc1cnc([C@H](O)C(F)F)c(Cl)c1)C1CC2(CCC2)c2c1cnc1cc(F)nn21. The summed E-state index contributed by atoms with van der Waals surface area (Å²) in [5.74, 6) is -1.50. The number of hydrogen-bond donors (Lipinski definition) is 2. The number of rotatable bonds is 4. The molecule has 3 aromatic rings. The Balaban J connectivity index is 1.45. The van der Waals surface area contributed by atoms with E-state index in [1.807, 2.05) is 0 Å². The number of nitrogens with one attached hydrogen (secondary N) is 1. The van der Waals surface area contributed by atoms with Gasteiger partial charge in [0.2, 0.25) is 11.9 Å². The molecule has 0 aromatic carbocycles. The number of pyridine rings is 1. The molecule has 162 valence electrons. The van der Waals surface area contributed by atoms with Gasteiger partial charge in [0.25, 0.3) is 6.43 Å². The zero-order chi connectivity index (χ0) is 21.9. The Bertz CT molecular complexity index is 1200. The second-order valence-corrected chi connectivity index (χ2v) is 8.46. The minimum absolute atomic E-state index is 0.178. The first-order chi connectivity index (χ1) is 14.8. The number of anilines is 1. The number of nitrogens with zero attached hydrogens (tertiary/aromatic N) is 4. The molecule has 1 fully saturated rings. The summed E-state index contributed by atoms with van der Waals surface area (Å²) in [6.45, 7) is 0. The third-order valence-electron chi connectivity index (χ3n) is 6.24. The summed E-state index contributed by atoms with van der Waals surface area (Å²) in [7, 11) is 0. The van der Waals surface area contributed by atoms with Crippen molar-refractivity contribution in [1.82, 2.24) is 19.6 Å². The van der Waals surface area contributed by atoms with Gasteiger partial charge in [-0.2, -0.15) is 4.39 Å². The van der Waals surface area contributed by atoms with E-state index in [0.29, 0.717) is 17.6 Å². The summed E-state index contributed by atoms with van der Waals surface area (Å²) in [6, 6.07) is 2.52. The van der Waals surface area contributed by atoms with Crippen LogP contribution in [-0.4, -0.2) is 37.0 Å². The van der Waals surface area contributed by atoms with Crippen LogP contribution in [0, 0.1) is 5.95 Å². The molecule has 2 aliphatic carbocycles. The van der Waals surface area contributed by atoms with Gasteiger partial charge >= 0.3 is 0 Å². The van der Waals surface area contributed by atoms with Crippen LogP contribution in [0.2, 0.25) is 5.02 Å². The Labute approximate surface area is 179 Å². The molecule has 7 nitrogen and oxygen atoms in total. The molecule has 1 unspecified atom stereocenters. The van der Waals surface area contributed by atoms with E-state index >= 15 is 0 Å². The van der Waals surface area contributed by atoms with Crippen molar-refractivity contribution in [3.8, 4) is 0 Å². The standard InChI is InChI=1S/C20H17ClF3N5O2/c21-12-4-9(7-26-15(12)16(30)18(23)24)27-19(31)10-6-20(2-1-3-20)17-11(10)8-25-14-5-13(22)28-29(14)17/h4-5,7-8,10,16,18,30H,1-3,6H2,(H,27,31)/t10?,16-/m0/s1. The smallest absolute Gasteiger partial charge is 0.269 e. The van der Waals surface area contributed by atoms with Gasteiger partial charge in [0.1, 0.15) is 0 Å². The van der Waals surface area contributed by atoms with Crippen LogP contribution in [0.5, 0.6) is 0 Å².